The van der Waals surface area contributed by atoms with Crippen LogP contribution in [-0.4, -0.2) is 21.6 Å². The first-order chi connectivity index (χ1) is 15.5. The second-order valence-corrected chi connectivity index (χ2v) is 6.99. The molecule has 1 aromatic heterocycles. The number of aryl methyl sites for hydroxylation is 1. The van der Waals surface area contributed by atoms with Crippen molar-refractivity contribution in [2.24, 2.45) is 7.05 Å². The van der Waals surface area contributed by atoms with Gasteiger partial charge in [-0.15, -0.1) is 0 Å². The number of benzene rings is 3. The zero-order valence-corrected chi connectivity index (χ0v) is 17.2. The van der Waals surface area contributed by atoms with E-state index in [4.69, 9.17) is 4.74 Å². The standard InChI is InChI=1S/C24H20N4O4/c1-28-24(31)20-14-8-7-13-19(20)21(27-28)23(30)26-25-22(29)18-12-6-5-9-16(18)15-32-17-10-3-2-4-11-17/h2-14H,15H2,1H3,(H,25,29)(H,26,30). The number of rotatable bonds is 5. The fraction of sp³-hybridized carbons (Fsp3) is 0.0833. The first kappa shape index (κ1) is 20.8. The van der Waals surface area contributed by atoms with Gasteiger partial charge in [-0.25, -0.2) is 4.68 Å². The molecule has 0 unspecified atom stereocenters. The highest BCUT2D eigenvalue weighted by atomic mass is 16.5. The number of ether oxygens (including phenoxy) is 1. The van der Waals surface area contributed by atoms with Crippen LogP contribution in [0, 0.1) is 0 Å². The molecule has 2 amide bonds. The Bertz CT molecular complexity index is 1350. The van der Waals surface area contributed by atoms with E-state index in [2.05, 4.69) is 16.0 Å². The summed E-state index contributed by atoms with van der Waals surface area (Å²) in [6.07, 6.45) is 0. The molecular weight excluding hydrogens is 408 g/mol. The van der Waals surface area contributed by atoms with E-state index in [0.717, 1.165) is 4.68 Å². The van der Waals surface area contributed by atoms with E-state index in [1.165, 1.54) is 7.05 Å². The number of amides is 2. The number of nitrogens with one attached hydrogen (secondary N) is 2. The monoisotopic (exact) mass is 428 g/mol. The van der Waals surface area contributed by atoms with Crippen LogP contribution >= 0.6 is 0 Å². The molecule has 1 heterocycles. The second-order valence-electron chi connectivity index (χ2n) is 6.99. The molecule has 8 nitrogen and oxygen atoms in total. The normalized spacial score (nSPS) is 10.5. The third-order valence-electron chi connectivity index (χ3n) is 4.86. The summed E-state index contributed by atoms with van der Waals surface area (Å²) in [5, 5.41) is 4.82. The Morgan fingerprint density at radius 1 is 0.844 bits per heavy atom. The first-order valence-electron chi connectivity index (χ1n) is 9.87. The minimum absolute atomic E-state index is 0.0312. The lowest BCUT2D eigenvalue weighted by atomic mass is 10.1. The van der Waals surface area contributed by atoms with Crippen LogP contribution in [0.5, 0.6) is 5.75 Å². The van der Waals surface area contributed by atoms with E-state index in [0.29, 0.717) is 27.6 Å². The van der Waals surface area contributed by atoms with Crippen molar-refractivity contribution >= 4 is 22.6 Å². The molecule has 4 rings (SSSR count). The van der Waals surface area contributed by atoms with Gasteiger partial charge in [0.1, 0.15) is 12.4 Å². The van der Waals surface area contributed by atoms with E-state index in [1.807, 2.05) is 30.3 Å². The van der Waals surface area contributed by atoms with Crippen LogP contribution in [0.3, 0.4) is 0 Å². The van der Waals surface area contributed by atoms with E-state index >= 15 is 0 Å². The third kappa shape index (κ3) is 4.34. The zero-order valence-electron chi connectivity index (χ0n) is 17.2. The van der Waals surface area contributed by atoms with Gasteiger partial charge >= 0.3 is 0 Å². The Morgan fingerprint density at radius 3 is 2.25 bits per heavy atom. The third-order valence-corrected chi connectivity index (χ3v) is 4.86. The molecule has 0 saturated heterocycles. The van der Waals surface area contributed by atoms with Gasteiger partial charge in [-0.1, -0.05) is 54.6 Å². The van der Waals surface area contributed by atoms with Gasteiger partial charge in [-0.2, -0.15) is 5.10 Å². The maximum atomic E-state index is 12.7. The average Bonchev–Trinajstić information content (AvgIpc) is 2.84. The summed E-state index contributed by atoms with van der Waals surface area (Å²) in [5.41, 5.74) is 5.54. The van der Waals surface area contributed by atoms with Crippen molar-refractivity contribution in [1.29, 1.82) is 0 Å². The molecule has 0 aliphatic rings. The van der Waals surface area contributed by atoms with Gasteiger partial charge in [-0.3, -0.25) is 25.2 Å². The number of fused-ring (bicyclic) bond motifs is 1. The van der Waals surface area contributed by atoms with Crippen LogP contribution in [0.1, 0.15) is 26.4 Å². The van der Waals surface area contributed by atoms with Crippen LogP contribution in [0.15, 0.2) is 83.7 Å². The molecule has 0 fully saturated rings. The lowest BCUT2D eigenvalue weighted by molar-refractivity contribution is 0.0842. The maximum absolute atomic E-state index is 12.7. The van der Waals surface area contributed by atoms with Crippen LogP contribution in [0.4, 0.5) is 0 Å². The Balaban J connectivity index is 1.49. The summed E-state index contributed by atoms with van der Waals surface area (Å²) in [4.78, 5) is 37.7. The number of aromatic nitrogens is 2. The van der Waals surface area contributed by atoms with Crippen molar-refractivity contribution in [3.63, 3.8) is 0 Å². The molecule has 4 aromatic rings. The van der Waals surface area contributed by atoms with Crippen molar-refractivity contribution < 1.29 is 14.3 Å². The molecule has 0 bridgehead atoms. The number of para-hydroxylation sites is 1. The fourth-order valence-corrected chi connectivity index (χ4v) is 3.25. The molecule has 3 aromatic carbocycles. The van der Waals surface area contributed by atoms with Gasteiger partial charge < -0.3 is 4.74 Å². The van der Waals surface area contributed by atoms with Gasteiger partial charge in [0, 0.05) is 23.6 Å². The van der Waals surface area contributed by atoms with Crippen LogP contribution in [0.25, 0.3) is 10.8 Å². The van der Waals surface area contributed by atoms with E-state index < -0.39 is 11.8 Å². The minimum atomic E-state index is -0.636. The molecule has 2 N–H and O–H groups in total. The molecule has 0 radical (unpaired) electrons. The second kappa shape index (κ2) is 9.13. The Hall–Kier alpha value is -4.46. The number of carbonyl (C=O) groups is 2. The molecule has 0 spiro atoms. The van der Waals surface area contributed by atoms with Crippen LogP contribution < -0.4 is 21.1 Å². The number of nitrogens with zero attached hydrogens (tertiary/aromatic N) is 2. The summed E-state index contributed by atoms with van der Waals surface area (Å²) in [6, 6.07) is 22.9. The molecule has 0 atom stereocenters. The highest BCUT2D eigenvalue weighted by Crippen LogP contribution is 2.15. The molecule has 160 valence electrons. The minimum Gasteiger partial charge on any atom is -0.489 e. The van der Waals surface area contributed by atoms with Crippen LogP contribution in [0.2, 0.25) is 0 Å². The SMILES string of the molecule is Cn1nc(C(=O)NNC(=O)c2ccccc2COc2ccccc2)c2ccccc2c1=O. The van der Waals surface area contributed by atoms with Crippen molar-refractivity contribution in [1.82, 2.24) is 20.6 Å². The molecule has 0 aliphatic carbocycles. The predicted octanol–water partition coefficient (Wildman–Crippen LogP) is 2.59. The molecular formula is C24H20N4O4. The van der Waals surface area contributed by atoms with E-state index in [-0.39, 0.29) is 17.9 Å². The van der Waals surface area contributed by atoms with Gasteiger partial charge in [0.15, 0.2) is 5.69 Å². The predicted molar refractivity (Wildman–Crippen MR) is 119 cm³/mol. The molecule has 32 heavy (non-hydrogen) atoms. The van der Waals surface area contributed by atoms with Gasteiger partial charge in [-0.05, 0) is 24.3 Å². The first-order valence-corrected chi connectivity index (χ1v) is 9.87. The summed E-state index contributed by atoms with van der Waals surface area (Å²) in [7, 11) is 1.47. The molecule has 0 saturated carbocycles. The fourth-order valence-electron chi connectivity index (χ4n) is 3.25. The largest absolute Gasteiger partial charge is 0.489 e. The summed E-state index contributed by atoms with van der Waals surface area (Å²) in [5.74, 6) is -0.452. The Kier molecular flexibility index (Phi) is 5.94. The quantitative estimate of drug-likeness (QED) is 0.476. The topological polar surface area (TPSA) is 102 Å². The summed E-state index contributed by atoms with van der Waals surface area (Å²) in [6.45, 7) is 0.189. The zero-order chi connectivity index (χ0) is 22.5. The van der Waals surface area contributed by atoms with Crippen molar-refractivity contribution in [3.05, 3.63) is 106 Å². The number of hydrazine groups is 1. The Labute approximate surface area is 183 Å². The van der Waals surface area contributed by atoms with Crippen molar-refractivity contribution in [3.8, 4) is 5.75 Å². The number of hydrogen-bond acceptors (Lipinski definition) is 5. The van der Waals surface area contributed by atoms with Crippen molar-refractivity contribution in [2.75, 3.05) is 0 Å². The van der Waals surface area contributed by atoms with Gasteiger partial charge in [0.2, 0.25) is 0 Å². The lowest BCUT2D eigenvalue weighted by Crippen LogP contribution is -2.43. The number of carbonyl (C=O) groups excluding carboxylic acids is 2. The maximum Gasteiger partial charge on any atom is 0.290 e. The summed E-state index contributed by atoms with van der Waals surface area (Å²) >= 11 is 0. The summed E-state index contributed by atoms with van der Waals surface area (Å²) < 4.78 is 6.83. The molecule has 8 heteroatoms. The smallest absolute Gasteiger partial charge is 0.290 e. The average molecular weight is 428 g/mol. The lowest BCUT2D eigenvalue weighted by Gasteiger charge is -2.13. The highest BCUT2D eigenvalue weighted by Gasteiger charge is 2.17. The molecule has 0 aliphatic heterocycles. The highest BCUT2D eigenvalue weighted by molar-refractivity contribution is 6.06. The van der Waals surface area contributed by atoms with E-state index in [9.17, 15) is 14.4 Å². The Morgan fingerprint density at radius 2 is 1.47 bits per heavy atom. The van der Waals surface area contributed by atoms with Crippen LogP contribution in [-0.2, 0) is 13.7 Å². The van der Waals surface area contributed by atoms with Gasteiger partial charge in [0.25, 0.3) is 17.4 Å². The van der Waals surface area contributed by atoms with E-state index in [1.54, 1.807) is 48.5 Å². The van der Waals surface area contributed by atoms with Crippen molar-refractivity contribution in [2.45, 2.75) is 6.61 Å². The number of hydrogen-bond donors (Lipinski definition) is 2. The van der Waals surface area contributed by atoms with Gasteiger partial charge in [0.05, 0.1) is 5.39 Å².